The van der Waals surface area contributed by atoms with Crippen molar-refractivity contribution < 1.29 is 18.7 Å². The molecule has 0 aliphatic heterocycles. The lowest BCUT2D eigenvalue weighted by atomic mass is 10.1. The Morgan fingerprint density at radius 1 is 0.926 bits per heavy atom. The third kappa shape index (κ3) is 4.70. The molecule has 3 N–H and O–H groups in total. The molecule has 3 aromatic carbocycles. The Kier molecular flexibility index (Phi) is 5.47. The molecule has 0 unspecified atom stereocenters. The van der Waals surface area contributed by atoms with Crippen molar-refractivity contribution in [3.05, 3.63) is 84.2 Å². The summed E-state index contributed by atoms with van der Waals surface area (Å²) in [6, 6.07) is 20.5. The van der Waals surface area contributed by atoms with Crippen molar-refractivity contribution in [2.24, 2.45) is 0 Å². The van der Waals surface area contributed by atoms with Gasteiger partial charge in [-0.1, -0.05) is 42.5 Å². The van der Waals surface area contributed by atoms with E-state index in [-0.39, 0.29) is 11.3 Å². The van der Waals surface area contributed by atoms with Crippen LogP contribution in [0.3, 0.4) is 0 Å². The Balaban J connectivity index is 1.55. The van der Waals surface area contributed by atoms with Gasteiger partial charge in [-0.25, -0.2) is 9.18 Å². The average Bonchev–Trinajstić information content (AvgIpc) is 2.67. The summed E-state index contributed by atoms with van der Waals surface area (Å²) < 4.78 is 17.9. The number of carbonyl (C=O) groups excluding carboxylic acids is 2. The molecular weight excluding hydrogens is 347 g/mol. The molecule has 0 aromatic heterocycles. The highest BCUT2D eigenvalue weighted by Gasteiger charge is 2.14. The van der Waals surface area contributed by atoms with E-state index in [1.165, 1.54) is 6.07 Å². The van der Waals surface area contributed by atoms with Crippen LogP contribution in [0.4, 0.5) is 15.8 Å². The Bertz CT molecular complexity index is 957. The molecule has 3 aromatic rings. The van der Waals surface area contributed by atoms with Gasteiger partial charge in [-0.2, -0.15) is 0 Å². The molecule has 1 amide bonds. The Hall–Kier alpha value is -3.67. The third-order valence-corrected chi connectivity index (χ3v) is 3.84. The molecule has 0 aliphatic rings. The van der Waals surface area contributed by atoms with E-state index in [1.807, 2.05) is 42.5 Å². The van der Waals surface area contributed by atoms with E-state index in [2.05, 4.69) is 5.32 Å². The Labute approximate surface area is 155 Å². The number of benzene rings is 3. The van der Waals surface area contributed by atoms with Crippen molar-refractivity contribution in [3.63, 3.8) is 0 Å². The van der Waals surface area contributed by atoms with Crippen molar-refractivity contribution in [2.45, 2.75) is 0 Å². The molecule has 0 atom stereocenters. The highest BCUT2D eigenvalue weighted by molar-refractivity contribution is 5.98. The predicted molar refractivity (Wildman–Crippen MR) is 102 cm³/mol. The van der Waals surface area contributed by atoms with E-state index in [1.54, 1.807) is 12.1 Å². The Morgan fingerprint density at radius 2 is 1.59 bits per heavy atom. The van der Waals surface area contributed by atoms with Gasteiger partial charge in [0.05, 0.1) is 5.56 Å². The molecule has 3 rings (SSSR count). The molecule has 0 saturated heterocycles. The summed E-state index contributed by atoms with van der Waals surface area (Å²) in [5.74, 6) is -1.83. The second-order valence-corrected chi connectivity index (χ2v) is 5.80. The zero-order valence-electron chi connectivity index (χ0n) is 14.3. The maximum atomic E-state index is 13.0. The number of halogens is 1. The molecule has 5 nitrogen and oxygen atoms in total. The number of nitrogens with two attached hydrogens (primary N) is 1. The first kappa shape index (κ1) is 18.1. The topological polar surface area (TPSA) is 81.4 Å². The van der Waals surface area contributed by atoms with E-state index in [9.17, 15) is 14.0 Å². The van der Waals surface area contributed by atoms with Gasteiger partial charge in [-0.15, -0.1) is 0 Å². The van der Waals surface area contributed by atoms with Crippen molar-refractivity contribution in [1.29, 1.82) is 0 Å². The van der Waals surface area contributed by atoms with Crippen molar-refractivity contribution >= 4 is 23.3 Å². The second kappa shape index (κ2) is 8.14. The number of ether oxygens (including phenoxy) is 1. The van der Waals surface area contributed by atoms with Crippen LogP contribution in [-0.2, 0) is 9.53 Å². The maximum Gasteiger partial charge on any atom is 0.340 e. The van der Waals surface area contributed by atoms with Crippen LogP contribution in [0.25, 0.3) is 11.1 Å². The average molecular weight is 364 g/mol. The first-order valence-electron chi connectivity index (χ1n) is 8.20. The first-order valence-corrected chi connectivity index (χ1v) is 8.20. The fourth-order valence-corrected chi connectivity index (χ4v) is 2.50. The van der Waals surface area contributed by atoms with Gasteiger partial charge in [-0.3, -0.25) is 4.79 Å². The number of carbonyl (C=O) groups is 2. The van der Waals surface area contributed by atoms with E-state index in [4.69, 9.17) is 10.5 Å². The van der Waals surface area contributed by atoms with Crippen molar-refractivity contribution in [1.82, 2.24) is 0 Å². The highest BCUT2D eigenvalue weighted by atomic mass is 19.1. The fourth-order valence-electron chi connectivity index (χ4n) is 2.50. The molecule has 136 valence electrons. The summed E-state index contributed by atoms with van der Waals surface area (Å²) in [6.45, 7) is -0.476. The summed E-state index contributed by atoms with van der Waals surface area (Å²) in [7, 11) is 0. The number of esters is 1. The smallest absolute Gasteiger partial charge is 0.340 e. The lowest BCUT2D eigenvalue weighted by molar-refractivity contribution is -0.119. The van der Waals surface area contributed by atoms with Crippen LogP contribution in [0.2, 0.25) is 0 Å². The minimum atomic E-state index is -0.790. The van der Waals surface area contributed by atoms with Gasteiger partial charge in [0.1, 0.15) is 5.82 Å². The summed E-state index contributed by atoms with van der Waals surface area (Å²) in [4.78, 5) is 23.9. The predicted octanol–water partition coefficient (Wildman–Crippen LogP) is 3.87. The number of amides is 1. The molecule has 0 spiro atoms. The Morgan fingerprint density at radius 3 is 2.26 bits per heavy atom. The first-order chi connectivity index (χ1) is 13.0. The zero-order chi connectivity index (χ0) is 19.2. The second-order valence-electron chi connectivity index (χ2n) is 5.80. The summed E-state index contributed by atoms with van der Waals surface area (Å²) in [5.41, 5.74) is 8.21. The van der Waals surface area contributed by atoms with Crippen molar-refractivity contribution in [2.75, 3.05) is 17.7 Å². The summed E-state index contributed by atoms with van der Waals surface area (Å²) in [5, 5.41) is 2.64. The number of hydrogen-bond acceptors (Lipinski definition) is 4. The molecule has 0 saturated carbocycles. The van der Waals surface area contributed by atoms with Crippen LogP contribution in [-0.4, -0.2) is 18.5 Å². The molecule has 27 heavy (non-hydrogen) atoms. The number of hydrogen-bond donors (Lipinski definition) is 2. The van der Waals surface area contributed by atoms with E-state index >= 15 is 0 Å². The minimum Gasteiger partial charge on any atom is -0.452 e. The molecule has 6 heteroatoms. The van der Waals surface area contributed by atoms with E-state index < -0.39 is 24.3 Å². The molecule has 0 aliphatic carbocycles. The summed E-state index contributed by atoms with van der Waals surface area (Å²) >= 11 is 0. The van der Waals surface area contributed by atoms with E-state index in [0.717, 1.165) is 23.3 Å². The van der Waals surface area contributed by atoms with Crippen molar-refractivity contribution in [3.8, 4) is 11.1 Å². The fraction of sp³-hybridized carbons (Fsp3) is 0.0476. The SMILES string of the molecule is Nc1cc(F)ccc1C(=O)OCC(=O)Nc1ccc(-c2ccccc2)cc1. The largest absolute Gasteiger partial charge is 0.452 e. The van der Waals surface area contributed by atoms with Gasteiger partial charge >= 0.3 is 5.97 Å². The number of nitrogens with one attached hydrogen (secondary N) is 1. The molecule has 0 heterocycles. The number of rotatable bonds is 5. The molecular formula is C21H17FN2O3. The van der Waals surface area contributed by atoms with Gasteiger partial charge in [0.15, 0.2) is 6.61 Å². The maximum absolute atomic E-state index is 13.0. The quantitative estimate of drug-likeness (QED) is 0.532. The molecule has 0 radical (unpaired) electrons. The van der Waals surface area contributed by atoms with Gasteiger partial charge in [0, 0.05) is 11.4 Å². The van der Waals surface area contributed by atoms with Gasteiger partial charge in [0.2, 0.25) is 0 Å². The van der Waals surface area contributed by atoms with E-state index in [0.29, 0.717) is 5.69 Å². The highest BCUT2D eigenvalue weighted by Crippen LogP contribution is 2.21. The number of nitrogen functional groups attached to an aromatic ring is 1. The van der Waals surface area contributed by atoms with Crippen LogP contribution < -0.4 is 11.1 Å². The lowest BCUT2D eigenvalue weighted by Gasteiger charge is -2.09. The van der Waals surface area contributed by atoms with Gasteiger partial charge in [-0.05, 0) is 41.5 Å². The normalized spacial score (nSPS) is 10.3. The third-order valence-electron chi connectivity index (χ3n) is 3.84. The number of anilines is 2. The van der Waals surface area contributed by atoms with Gasteiger partial charge < -0.3 is 15.8 Å². The monoisotopic (exact) mass is 364 g/mol. The van der Waals surface area contributed by atoms with Crippen LogP contribution in [0.1, 0.15) is 10.4 Å². The van der Waals surface area contributed by atoms with Gasteiger partial charge in [0.25, 0.3) is 5.91 Å². The molecule has 0 fully saturated rings. The van der Waals surface area contributed by atoms with Crippen LogP contribution in [0.5, 0.6) is 0 Å². The van der Waals surface area contributed by atoms with Crippen LogP contribution in [0.15, 0.2) is 72.8 Å². The lowest BCUT2D eigenvalue weighted by Crippen LogP contribution is -2.21. The molecule has 0 bridgehead atoms. The summed E-state index contributed by atoms with van der Waals surface area (Å²) in [6.07, 6.45) is 0. The van der Waals surface area contributed by atoms with Crippen LogP contribution >= 0.6 is 0 Å². The zero-order valence-corrected chi connectivity index (χ0v) is 14.3. The standard InChI is InChI=1S/C21H17FN2O3/c22-16-8-11-18(19(23)12-16)21(26)27-13-20(25)24-17-9-6-15(7-10-17)14-4-2-1-3-5-14/h1-12H,13,23H2,(H,24,25). The van der Waals surface area contributed by atoms with Crippen LogP contribution in [0, 0.1) is 5.82 Å². The minimum absolute atomic E-state index is 0.0106.